The van der Waals surface area contributed by atoms with Crippen LogP contribution in [-0.4, -0.2) is 17.4 Å². The fraction of sp³-hybridized carbons (Fsp3) is 0. The monoisotopic (exact) mass is 162 g/mol. The summed E-state index contributed by atoms with van der Waals surface area (Å²) in [6.07, 6.45) is 0. The molecule has 5 nitrogen and oxygen atoms in total. The summed E-state index contributed by atoms with van der Waals surface area (Å²) in [5, 5.41) is 17.9. The van der Waals surface area contributed by atoms with Gasteiger partial charge in [-0.3, -0.25) is 0 Å². The number of carbonyl (C=O) groups is 2. The van der Waals surface area contributed by atoms with E-state index in [1.165, 1.54) is 0 Å². The summed E-state index contributed by atoms with van der Waals surface area (Å²) >= 11 is 0. The van der Waals surface area contributed by atoms with Crippen molar-refractivity contribution in [2.24, 2.45) is 0 Å². The molecule has 0 saturated heterocycles. The molecule has 0 aliphatic heterocycles. The summed E-state index contributed by atoms with van der Waals surface area (Å²) in [6, 6.07) is 0. The van der Waals surface area contributed by atoms with Crippen molar-refractivity contribution in [3.63, 3.8) is 0 Å². The largest absolute Gasteiger partial charge is 3.00 e. The predicted molar refractivity (Wildman–Crippen MR) is 13.6 cm³/mol. The zero-order valence-corrected chi connectivity index (χ0v) is 4.59. The van der Waals surface area contributed by atoms with Crippen LogP contribution < -0.4 is 10.2 Å². The molecule has 0 rings (SSSR count). The van der Waals surface area contributed by atoms with Crippen LogP contribution >= 0.6 is 0 Å². The van der Waals surface area contributed by atoms with E-state index in [-0.39, 0.29) is 22.5 Å². The van der Waals surface area contributed by atoms with Crippen LogP contribution in [0.4, 0.5) is 0 Å². The maximum atomic E-state index is 8.93. The number of hydrogen-bond acceptors (Lipinski definition) is 4. The summed E-state index contributed by atoms with van der Waals surface area (Å²) < 4.78 is 0. The molecule has 0 amide bonds. The third-order valence-corrected chi connectivity index (χ3v) is 0.167. The van der Waals surface area contributed by atoms with Gasteiger partial charge in [0.15, 0.2) is 0 Å². The van der Waals surface area contributed by atoms with Gasteiger partial charge in [0.05, 0.1) is 11.9 Å². The van der Waals surface area contributed by atoms with E-state index < -0.39 is 11.9 Å². The third-order valence-electron chi connectivity index (χ3n) is 0.167. The second-order valence-electron chi connectivity index (χ2n) is 0.575. The van der Waals surface area contributed by atoms with Gasteiger partial charge in [-0.15, -0.1) is 0 Å². The van der Waals surface area contributed by atoms with E-state index in [0.29, 0.717) is 0 Å². The fourth-order valence-corrected chi connectivity index (χ4v) is 0. The van der Waals surface area contributed by atoms with Crippen LogP contribution in [0.3, 0.4) is 0 Å². The number of aliphatic carboxylic acids is 2. The Morgan fingerprint density at radius 2 is 1.12 bits per heavy atom. The Labute approximate surface area is 55.1 Å². The first-order chi connectivity index (χ1) is 2.64. The number of rotatable bonds is 0. The molecule has 0 unspecified atom stereocenters. The van der Waals surface area contributed by atoms with Gasteiger partial charge >= 0.3 is 17.1 Å². The van der Waals surface area contributed by atoms with E-state index in [4.69, 9.17) is 19.8 Å². The smallest absolute Gasteiger partial charge is 0.543 e. The van der Waals surface area contributed by atoms with Gasteiger partial charge in [0.2, 0.25) is 0 Å². The molecule has 0 aliphatic rings. The molecule has 0 aromatic rings. The average Bonchev–Trinajstić information content (AvgIpc) is 1.36. The summed E-state index contributed by atoms with van der Waals surface area (Å²) in [5.41, 5.74) is 0. The maximum absolute atomic E-state index is 8.93. The Kier molecular flexibility index (Phi) is 12.6. The van der Waals surface area contributed by atoms with E-state index in [1.807, 2.05) is 0 Å². The maximum Gasteiger partial charge on any atom is 3.00 e. The molecule has 0 atom stereocenters. The minimum absolute atomic E-state index is 0. The van der Waals surface area contributed by atoms with Crippen molar-refractivity contribution in [3.8, 4) is 0 Å². The minimum Gasteiger partial charge on any atom is -0.543 e. The van der Waals surface area contributed by atoms with Gasteiger partial charge in [-0.05, 0) is 0 Å². The van der Waals surface area contributed by atoms with E-state index in [2.05, 4.69) is 0 Å². The van der Waals surface area contributed by atoms with E-state index in [1.54, 1.807) is 0 Å². The quantitative estimate of drug-likeness (QED) is 0.264. The van der Waals surface area contributed by atoms with Crippen LogP contribution in [0.15, 0.2) is 0 Å². The van der Waals surface area contributed by atoms with Crippen LogP contribution in [0.2, 0.25) is 0 Å². The SMILES string of the molecule is O.O=C([O-])C(=O)[O-].[Fe+3]. The number of carboxylic acids is 2. The molecule has 1 radical (unpaired) electrons. The molecular weight excluding hydrogens is 160 g/mol. The van der Waals surface area contributed by atoms with E-state index >= 15 is 0 Å². The molecular formula is C2H2FeO5+. The fourth-order valence-electron chi connectivity index (χ4n) is 0. The molecule has 0 spiro atoms. The zero-order chi connectivity index (χ0) is 5.15. The van der Waals surface area contributed by atoms with Gasteiger partial charge in [-0.2, -0.15) is 0 Å². The van der Waals surface area contributed by atoms with Crippen molar-refractivity contribution < 1.29 is 42.3 Å². The summed E-state index contributed by atoms with van der Waals surface area (Å²) in [7, 11) is 0. The van der Waals surface area contributed by atoms with Crippen molar-refractivity contribution in [1.29, 1.82) is 0 Å². The Hall–Kier alpha value is -0.581. The molecule has 8 heavy (non-hydrogen) atoms. The Balaban J connectivity index is -0.000000125. The van der Waals surface area contributed by atoms with Gasteiger partial charge in [-0.1, -0.05) is 0 Å². The molecule has 0 aromatic carbocycles. The predicted octanol–water partition coefficient (Wildman–Crippen LogP) is -4.34. The second-order valence-corrected chi connectivity index (χ2v) is 0.575. The van der Waals surface area contributed by atoms with E-state index in [9.17, 15) is 0 Å². The van der Waals surface area contributed by atoms with Crippen molar-refractivity contribution in [1.82, 2.24) is 0 Å². The Morgan fingerprint density at radius 1 is 1.00 bits per heavy atom. The van der Waals surface area contributed by atoms with Gasteiger partial charge in [0, 0.05) is 0 Å². The van der Waals surface area contributed by atoms with E-state index in [0.717, 1.165) is 0 Å². The summed E-state index contributed by atoms with van der Waals surface area (Å²) in [6.45, 7) is 0. The molecule has 0 aliphatic carbocycles. The van der Waals surface area contributed by atoms with Crippen molar-refractivity contribution >= 4 is 11.9 Å². The van der Waals surface area contributed by atoms with Crippen LogP contribution in [0.5, 0.6) is 0 Å². The third kappa shape index (κ3) is 9.05. The zero-order valence-electron chi connectivity index (χ0n) is 3.49. The first kappa shape index (κ1) is 15.7. The molecule has 0 bridgehead atoms. The van der Waals surface area contributed by atoms with Gasteiger partial charge in [-0.25, -0.2) is 0 Å². The number of carbonyl (C=O) groups excluding carboxylic acids is 2. The van der Waals surface area contributed by atoms with Gasteiger partial charge < -0.3 is 25.3 Å². The first-order valence-corrected chi connectivity index (χ1v) is 1.07. The Bertz CT molecular complexity index is 76.4. The molecule has 2 N–H and O–H groups in total. The molecule has 0 saturated carbocycles. The topological polar surface area (TPSA) is 112 Å². The van der Waals surface area contributed by atoms with Crippen LogP contribution in [0, 0.1) is 0 Å². The van der Waals surface area contributed by atoms with Crippen LogP contribution in [-0.2, 0) is 26.7 Å². The normalized spacial score (nSPS) is 5.50. The number of carboxylic acid groups (broad SMARTS) is 2. The van der Waals surface area contributed by atoms with Crippen molar-refractivity contribution in [3.05, 3.63) is 0 Å². The van der Waals surface area contributed by atoms with Crippen LogP contribution in [0.1, 0.15) is 0 Å². The molecule has 47 valence electrons. The minimum atomic E-state index is -2.19. The van der Waals surface area contributed by atoms with Gasteiger partial charge in [0.25, 0.3) is 0 Å². The Morgan fingerprint density at radius 3 is 1.12 bits per heavy atom. The molecule has 0 aromatic heterocycles. The second kappa shape index (κ2) is 6.42. The first-order valence-electron chi connectivity index (χ1n) is 1.07. The summed E-state index contributed by atoms with van der Waals surface area (Å²) in [4.78, 5) is 17.9. The van der Waals surface area contributed by atoms with Gasteiger partial charge in [0.1, 0.15) is 0 Å². The molecule has 0 fully saturated rings. The average molecular weight is 162 g/mol. The number of hydrogen-bond donors (Lipinski definition) is 0. The van der Waals surface area contributed by atoms with Crippen LogP contribution in [0.25, 0.3) is 0 Å². The van der Waals surface area contributed by atoms with Crippen molar-refractivity contribution in [2.45, 2.75) is 0 Å². The van der Waals surface area contributed by atoms with Crippen molar-refractivity contribution in [2.75, 3.05) is 0 Å². The molecule has 0 heterocycles. The molecule has 6 heteroatoms. The standard InChI is InChI=1S/C2H2O4.Fe.H2O/c3-1(4)2(5)6;;/h(H,3,4)(H,5,6);;1H2/q;+3;/p-2. The summed E-state index contributed by atoms with van der Waals surface area (Å²) in [5.74, 6) is -4.37.